The lowest BCUT2D eigenvalue weighted by Gasteiger charge is -2.32. The molecule has 2 aliphatic carbocycles. The van der Waals surface area contributed by atoms with E-state index < -0.39 is 0 Å². The maximum Gasteiger partial charge on any atom is 0.202 e. The molecule has 0 N–H and O–H groups in total. The van der Waals surface area contributed by atoms with Crippen LogP contribution in [-0.2, 0) is 20.5 Å². The van der Waals surface area contributed by atoms with Crippen LogP contribution >= 0.6 is 21.0 Å². The summed E-state index contributed by atoms with van der Waals surface area (Å²) in [5, 5.41) is 23.6. The zero-order valence-corrected chi connectivity index (χ0v) is 24.3. The number of nitriles is 2. The van der Waals surface area contributed by atoms with Crippen LogP contribution in [0.1, 0.15) is 0 Å². The van der Waals surface area contributed by atoms with Gasteiger partial charge in [0.2, 0.25) is 11.6 Å². The number of carbonyl (C=O) groups is 2. The number of nitrogens with zero attached hydrogens (tertiary/aromatic N) is 6. The average molecular weight is 574 g/mol. The molecule has 0 bridgehead atoms. The Morgan fingerprint density at radius 1 is 1.03 bits per heavy atom. The Morgan fingerprint density at radius 2 is 1.69 bits per heavy atom. The van der Waals surface area contributed by atoms with Crippen molar-refractivity contribution in [2.24, 2.45) is 9.98 Å². The maximum atomic E-state index is 13.4. The Balaban J connectivity index is 1.47. The van der Waals surface area contributed by atoms with Gasteiger partial charge in [-0.2, -0.15) is 31.5 Å². The largest absolute Gasteiger partial charge is 0.373 e. The highest BCUT2D eigenvalue weighted by Crippen LogP contribution is 2.38. The molecule has 0 amide bonds. The quantitative estimate of drug-likeness (QED) is 0.221. The van der Waals surface area contributed by atoms with Gasteiger partial charge >= 0.3 is 0 Å². The highest BCUT2D eigenvalue weighted by molar-refractivity contribution is 8.19. The SMILES string of the molecule is CN1CCS(C)=C2C(=O)C(C=N/C(C#N)=C(\C#N)N=CC3=CC4=C5C(=S(C)C=CN5C=C[S+]4C)C3=O)=CC=C21. The van der Waals surface area contributed by atoms with Crippen LogP contribution in [0.15, 0.2) is 90.3 Å². The zero-order valence-electron chi connectivity index (χ0n) is 21.8. The molecule has 3 unspecified atom stereocenters. The predicted octanol–water partition coefficient (Wildman–Crippen LogP) is 3.11. The Labute approximate surface area is 235 Å². The van der Waals surface area contributed by atoms with Gasteiger partial charge in [0.15, 0.2) is 16.3 Å². The van der Waals surface area contributed by atoms with E-state index >= 15 is 0 Å². The minimum absolute atomic E-state index is 0.117. The standard InChI is InChI=1S/C28H25N6O2S3/c1-33-7-10-38(3)27-22(33)6-5-18(25(27)35)16-31-20(14-29)21(15-30)32-17-19-13-23-24-28(26(19)36)39(4)12-9-34(24)8-11-37(23)2/h5-6,8-9,11-13,16-17H,7,10H2,1-4H3/q+1/b21-20+,31-16?,32-17?. The number of hydrogen-bond acceptors (Lipinski definition) is 8. The van der Waals surface area contributed by atoms with Gasteiger partial charge in [-0.15, -0.1) is 0 Å². The smallest absolute Gasteiger partial charge is 0.202 e. The summed E-state index contributed by atoms with van der Waals surface area (Å²) in [6, 6.07) is 3.83. The fourth-order valence-electron chi connectivity index (χ4n) is 4.52. The predicted molar refractivity (Wildman–Crippen MR) is 164 cm³/mol. The summed E-state index contributed by atoms with van der Waals surface area (Å²) >= 11 is 0. The summed E-state index contributed by atoms with van der Waals surface area (Å²) in [6.07, 6.45) is 18.2. The van der Waals surface area contributed by atoms with E-state index in [9.17, 15) is 20.1 Å². The van der Waals surface area contributed by atoms with Gasteiger partial charge < -0.3 is 9.80 Å². The second-order valence-electron chi connectivity index (χ2n) is 9.10. The van der Waals surface area contributed by atoms with Crippen LogP contribution in [0.5, 0.6) is 0 Å². The molecular weight excluding hydrogens is 549 g/mol. The van der Waals surface area contributed by atoms with Crippen molar-refractivity contribution < 1.29 is 9.59 Å². The third-order valence-corrected chi connectivity index (χ3v) is 11.7. The second-order valence-corrected chi connectivity index (χ2v) is 14.8. The normalized spacial score (nSPS) is 26.7. The number of allylic oxidation sites excluding steroid dienone is 9. The lowest BCUT2D eigenvalue weighted by molar-refractivity contribution is -0.110. The topological polar surface area (TPSA) is 113 Å². The molecule has 0 aromatic carbocycles. The summed E-state index contributed by atoms with van der Waals surface area (Å²) in [6.45, 7) is 0.894. The van der Waals surface area contributed by atoms with Gasteiger partial charge in [-0.3, -0.25) is 9.59 Å². The Hall–Kier alpha value is -3.77. The maximum absolute atomic E-state index is 13.4. The Morgan fingerprint density at radius 3 is 2.38 bits per heavy atom. The number of carbonyl (C=O) groups excluding carboxylic acids is 2. The van der Waals surface area contributed by atoms with Crippen LogP contribution < -0.4 is 0 Å². The van der Waals surface area contributed by atoms with Gasteiger partial charge in [-0.25, -0.2) is 9.98 Å². The minimum atomic E-state index is -0.371. The average Bonchev–Trinajstić information content (AvgIpc) is 2.93. The van der Waals surface area contributed by atoms with E-state index in [1.165, 1.54) is 12.4 Å². The number of Topliss-reactive ketones (excluding diaryl/α,β-unsaturated/α-hetero) is 2. The molecule has 0 spiro atoms. The molecule has 3 heterocycles. The van der Waals surface area contributed by atoms with Crippen LogP contribution in [0.4, 0.5) is 0 Å². The first-order valence-corrected chi connectivity index (χ1v) is 17.1. The molecule has 11 heteroatoms. The first kappa shape index (κ1) is 26.8. The fraction of sp³-hybridized carbons (Fsp3) is 0.214. The van der Waals surface area contributed by atoms with E-state index in [0.717, 1.165) is 38.3 Å². The minimum Gasteiger partial charge on any atom is -0.373 e. The van der Waals surface area contributed by atoms with Crippen LogP contribution in [0.2, 0.25) is 0 Å². The molecule has 3 atom stereocenters. The lowest BCUT2D eigenvalue weighted by atomic mass is 10.0. The van der Waals surface area contributed by atoms with E-state index in [4.69, 9.17) is 0 Å². The Bertz CT molecular complexity index is 1660. The van der Waals surface area contributed by atoms with Crippen LogP contribution in [0, 0.1) is 22.7 Å². The molecule has 5 rings (SSSR count). The van der Waals surface area contributed by atoms with Crippen molar-refractivity contribution >= 4 is 65.6 Å². The third-order valence-electron chi connectivity index (χ3n) is 6.70. The molecule has 0 aromatic rings. The van der Waals surface area contributed by atoms with Crippen molar-refractivity contribution in [3.05, 3.63) is 80.3 Å². The molecule has 0 saturated carbocycles. The van der Waals surface area contributed by atoms with Crippen molar-refractivity contribution in [2.45, 2.75) is 0 Å². The fourth-order valence-corrected chi connectivity index (χ4v) is 9.02. The van der Waals surface area contributed by atoms with Gasteiger partial charge in [0, 0.05) is 55.2 Å². The van der Waals surface area contributed by atoms with Gasteiger partial charge in [0.25, 0.3) is 0 Å². The van der Waals surface area contributed by atoms with Crippen LogP contribution in [-0.4, -0.2) is 81.6 Å². The van der Waals surface area contributed by atoms with Crippen LogP contribution in [0.25, 0.3) is 0 Å². The van der Waals surface area contributed by atoms with E-state index in [2.05, 4.69) is 32.8 Å². The number of fused-ring (bicyclic) bond motifs is 1. The highest BCUT2D eigenvalue weighted by Gasteiger charge is 2.39. The monoisotopic (exact) mass is 573 g/mol. The van der Waals surface area contributed by atoms with Crippen molar-refractivity contribution in [2.75, 3.05) is 38.1 Å². The molecular formula is C28H25N6O2S3+. The molecule has 5 aliphatic rings. The molecule has 0 radical (unpaired) electrons. The number of hydrogen-bond donors (Lipinski definition) is 0. The number of aliphatic imine (C=N–C) groups is 2. The van der Waals surface area contributed by atoms with E-state index in [1.807, 2.05) is 60.3 Å². The van der Waals surface area contributed by atoms with E-state index in [0.29, 0.717) is 11.1 Å². The summed E-state index contributed by atoms with van der Waals surface area (Å²) in [5.74, 6) is 0.647. The highest BCUT2D eigenvalue weighted by atomic mass is 32.2. The first-order chi connectivity index (χ1) is 18.7. The lowest BCUT2D eigenvalue weighted by Crippen LogP contribution is -2.37. The summed E-state index contributed by atoms with van der Waals surface area (Å²) in [5.41, 5.74) is 2.10. The summed E-state index contributed by atoms with van der Waals surface area (Å²) in [7, 11) is 1.22. The van der Waals surface area contributed by atoms with Crippen molar-refractivity contribution in [1.82, 2.24) is 9.80 Å². The number of rotatable bonds is 4. The van der Waals surface area contributed by atoms with E-state index in [1.54, 1.807) is 6.08 Å². The number of ketones is 2. The second kappa shape index (κ2) is 10.8. The molecule has 8 nitrogen and oxygen atoms in total. The molecule has 39 heavy (non-hydrogen) atoms. The first-order valence-electron chi connectivity index (χ1n) is 11.9. The van der Waals surface area contributed by atoms with Crippen molar-refractivity contribution in [3.8, 4) is 12.1 Å². The van der Waals surface area contributed by atoms with Gasteiger partial charge in [0.1, 0.15) is 29.5 Å². The van der Waals surface area contributed by atoms with Gasteiger partial charge in [-0.1, -0.05) is 0 Å². The zero-order chi connectivity index (χ0) is 27.8. The van der Waals surface area contributed by atoms with Gasteiger partial charge in [0.05, 0.1) is 32.5 Å². The van der Waals surface area contributed by atoms with Crippen molar-refractivity contribution in [3.63, 3.8) is 0 Å². The van der Waals surface area contributed by atoms with Crippen LogP contribution in [0.3, 0.4) is 0 Å². The van der Waals surface area contributed by atoms with Crippen molar-refractivity contribution in [1.29, 1.82) is 10.5 Å². The molecule has 0 fully saturated rings. The Kier molecular flexibility index (Phi) is 7.41. The molecule has 0 aromatic heterocycles. The van der Waals surface area contributed by atoms with Gasteiger partial charge in [-0.05, 0) is 30.1 Å². The molecule has 196 valence electrons. The molecule has 0 saturated heterocycles. The van der Waals surface area contributed by atoms with E-state index in [-0.39, 0.29) is 54.8 Å². The third kappa shape index (κ3) is 4.78. The molecule has 3 aliphatic heterocycles. The summed E-state index contributed by atoms with van der Waals surface area (Å²) < 4.78 is 0. The summed E-state index contributed by atoms with van der Waals surface area (Å²) in [4.78, 5) is 41.5.